The molecule has 2 saturated heterocycles. The van der Waals surface area contributed by atoms with Gasteiger partial charge < -0.3 is 19.9 Å². The first-order valence-electron chi connectivity index (χ1n) is 16.0. The summed E-state index contributed by atoms with van der Waals surface area (Å²) in [4.78, 5) is 38.2. The molecule has 3 aliphatic heterocycles. The van der Waals surface area contributed by atoms with Crippen LogP contribution in [0.3, 0.4) is 0 Å². The Morgan fingerprint density at radius 1 is 1.05 bits per heavy atom. The Bertz CT molecular complexity index is 1320. The third kappa shape index (κ3) is 9.30. The van der Waals surface area contributed by atoms with E-state index in [1.54, 1.807) is 6.92 Å². The normalized spacial score (nSPS) is 19.9. The number of carbonyl (C=O) groups excluding carboxylic acids is 2. The van der Waals surface area contributed by atoms with Crippen LogP contribution in [0.25, 0.3) is 11.1 Å². The molecule has 2 aromatic rings. The van der Waals surface area contributed by atoms with Crippen LogP contribution in [0.2, 0.25) is 0 Å². The molecule has 0 aliphatic carbocycles. The number of anilines is 1. The van der Waals surface area contributed by atoms with Crippen molar-refractivity contribution in [2.45, 2.75) is 60.0 Å². The number of nitrogens with one attached hydrogen (secondary N) is 1. The number of dihydropyridines is 1. The highest BCUT2D eigenvalue weighted by molar-refractivity contribution is 6.05. The summed E-state index contributed by atoms with van der Waals surface area (Å²) in [6.07, 6.45) is 6.14. The third-order valence-corrected chi connectivity index (χ3v) is 8.76. The predicted octanol–water partition coefficient (Wildman–Crippen LogP) is 4.50. The number of rotatable bonds is 8. The van der Waals surface area contributed by atoms with Crippen molar-refractivity contribution >= 4 is 23.2 Å². The van der Waals surface area contributed by atoms with E-state index in [1.165, 1.54) is 29.3 Å². The van der Waals surface area contributed by atoms with Crippen LogP contribution in [-0.2, 0) is 20.9 Å². The second-order valence-corrected chi connectivity index (χ2v) is 12.2. The number of pyridine rings is 1. The second-order valence-electron chi connectivity index (χ2n) is 12.2. The molecule has 1 atom stereocenters. The largest absolute Gasteiger partial charge is 0.381 e. The van der Waals surface area contributed by atoms with E-state index in [1.807, 2.05) is 19.2 Å². The number of benzene rings is 1. The molecule has 0 radical (unpaired) electrons. The minimum Gasteiger partial charge on any atom is -0.381 e. The van der Waals surface area contributed by atoms with Gasteiger partial charge in [0.15, 0.2) is 0 Å². The zero-order valence-electron chi connectivity index (χ0n) is 27.4. The minimum absolute atomic E-state index is 0.128. The van der Waals surface area contributed by atoms with Crippen LogP contribution in [0.1, 0.15) is 51.8 Å². The quantitative estimate of drug-likeness (QED) is 0.476. The summed E-state index contributed by atoms with van der Waals surface area (Å²) in [5, 5.41) is 2.62. The third-order valence-electron chi connectivity index (χ3n) is 8.76. The summed E-state index contributed by atoms with van der Waals surface area (Å²) >= 11 is 0. The monoisotopic (exact) mass is 602 g/mol. The first-order valence-corrected chi connectivity index (χ1v) is 16.0. The fraction of sp³-hybridized carbons (Fsp3) is 0.543. The van der Waals surface area contributed by atoms with Crippen molar-refractivity contribution in [2.24, 2.45) is 10.9 Å². The van der Waals surface area contributed by atoms with Crippen molar-refractivity contribution in [2.75, 3.05) is 64.4 Å². The zero-order valence-corrected chi connectivity index (χ0v) is 27.4. The molecule has 5 rings (SSSR count). The molecule has 9 nitrogen and oxygen atoms in total. The fourth-order valence-electron chi connectivity index (χ4n) is 6.05. The van der Waals surface area contributed by atoms with Crippen LogP contribution in [0.5, 0.6) is 0 Å². The maximum Gasteiger partial charge on any atom is 0.254 e. The van der Waals surface area contributed by atoms with Crippen molar-refractivity contribution in [3.05, 3.63) is 59.4 Å². The molecule has 0 bridgehead atoms. The summed E-state index contributed by atoms with van der Waals surface area (Å²) in [5.41, 5.74) is 7.98. The number of piperazine rings is 1. The molecule has 44 heavy (non-hydrogen) atoms. The summed E-state index contributed by atoms with van der Waals surface area (Å²) in [6.45, 7) is 18.2. The Morgan fingerprint density at radius 2 is 1.75 bits per heavy atom. The number of carbonyl (C=O) groups is 2. The van der Waals surface area contributed by atoms with Crippen molar-refractivity contribution in [3.8, 4) is 11.1 Å². The molecular formula is C35H50N6O3. The Kier molecular flexibility index (Phi) is 12.2. The van der Waals surface area contributed by atoms with E-state index >= 15 is 0 Å². The van der Waals surface area contributed by atoms with Gasteiger partial charge in [0.05, 0.1) is 11.6 Å². The number of ether oxygens (including phenoxy) is 1. The lowest BCUT2D eigenvalue weighted by atomic mass is 9.96. The van der Waals surface area contributed by atoms with E-state index in [0.29, 0.717) is 12.6 Å². The van der Waals surface area contributed by atoms with Gasteiger partial charge in [-0.1, -0.05) is 23.8 Å². The molecule has 3 aliphatic rings. The summed E-state index contributed by atoms with van der Waals surface area (Å²) in [5.74, 6) is -0.587. The lowest BCUT2D eigenvalue weighted by Crippen LogP contribution is -2.43. The van der Waals surface area contributed by atoms with E-state index < -0.39 is 0 Å². The molecule has 9 heteroatoms. The second kappa shape index (κ2) is 16.1. The van der Waals surface area contributed by atoms with Gasteiger partial charge in [0.1, 0.15) is 0 Å². The molecule has 1 aromatic carbocycles. The molecule has 0 saturated carbocycles. The molecule has 4 heterocycles. The van der Waals surface area contributed by atoms with Gasteiger partial charge in [-0.05, 0) is 76.9 Å². The average molecular weight is 603 g/mol. The van der Waals surface area contributed by atoms with Crippen LogP contribution >= 0.6 is 0 Å². The van der Waals surface area contributed by atoms with Crippen LogP contribution in [-0.4, -0.2) is 97.9 Å². The standard InChI is InChI=1S/C25H36N4O.C10H14N2O2/c1-4-29(24-9-15-30-16-10-24)25-17-21(6-5-20(25)2)22-7-8-23(26-18-22)19-28-13-11-27(3)12-14-28;1-6-4-7(2)12-10(14)9(6)5-11-8(3)13/h5-8,17-18,24H,4,9-16,19H2,1-3H3;4,9H,5H2,1-3H3,(H,11,13). The topological polar surface area (TPSA) is 90.4 Å². The highest BCUT2D eigenvalue weighted by atomic mass is 16.5. The van der Waals surface area contributed by atoms with E-state index in [4.69, 9.17) is 9.72 Å². The number of amides is 2. The van der Waals surface area contributed by atoms with E-state index in [2.05, 4.69) is 76.2 Å². The number of aliphatic imine (C=N–C) groups is 1. The lowest BCUT2D eigenvalue weighted by molar-refractivity contribution is -0.121. The van der Waals surface area contributed by atoms with Gasteiger partial charge >= 0.3 is 0 Å². The Labute approximate surface area is 263 Å². The van der Waals surface area contributed by atoms with Crippen molar-refractivity contribution in [1.29, 1.82) is 0 Å². The summed E-state index contributed by atoms with van der Waals surface area (Å²) < 4.78 is 5.58. The van der Waals surface area contributed by atoms with Crippen LogP contribution in [0, 0.1) is 12.8 Å². The fourth-order valence-corrected chi connectivity index (χ4v) is 6.05. The molecule has 238 valence electrons. The lowest BCUT2D eigenvalue weighted by Gasteiger charge is -2.36. The van der Waals surface area contributed by atoms with Gasteiger partial charge in [0.25, 0.3) is 5.91 Å². The smallest absolute Gasteiger partial charge is 0.254 e. The van der Waals surface area contributed by atoms with E-state index in [9.17, 15) is 9.59 Å². The average Bonchev–Trinajstić information content (AvgIpc) is 3.00. The SMILES string of the molecule is CC(=O)NCC1C(=O)N=C(C)C=C1C.CCN(c1cc(-c2ccc(CN3CCN(C)CC3)nc2)ccc1C)C1CCOCC1. The van der Waals surface area contributed by atoms with Crippen molar-refractivity contribution in [1.82, 2.24) is 20.1 Å². The highest BCUT2D eigenvalue weighted by Gasteiger charge is 2.24. The molecule has 0 spiro atoms. The van der Waals surface area contributed by atoms with Crippen LogP contribution < -0.4 is 10.2 Å². The van der Waals surface area contributed by atoms with Gasteiger partial charge in [0, 0.05) is 95.2 Å². The van der Waals surface area contributed by atoms with Gasteiger partial charge in [-0.2, -0.15) is 0 Å². The Hall–Kier alpha value is -3.40. The molecule has 1 unspecified atom stereocenters. The van der Waals surface area contributed by atoms with Crippen LogP contribution in [0.15, 0.2) is 53.2 Å². The molecule has 1 aromatic heterocycles. The van der Waals surface area contributed by atoms with E-state index in [0.717, 1.165) is 82.3 Å². The number of hydrogen-bond donors (Lipinski definition) is 1. The zero-order chi connectivity index (χ0) is 31.6. The van der Waals surface area contributed by atoms with Gasteiger partial charge in [-0.15, -0.1) is 0 Å². The number of nitrogens with zero attached hydrogens (tertiary/aromatic N) is 5. The number of aromatic nitrogens is 1. The Balaban J connectivity index is 0.000000265. The summed E-state index contributed by atoms with van der Waals surface area (Å²) in [6, 6.07) is 11.8. The van der Waals surface area contributed by atoms with E-state index in [-0.39, 0.29) is 17.7 Å². The number of likely N-dealkylation sites (N-methyl/N-ethyl adjacent to an activating group) is 1. The molecule has 2 fully saturated rings. The summed E-state index contributed by atoms with van der Waals surface area (Å²) in [7, 11) is 2.20. The highest BCUT2D eigenvalue weighted by Crippen LogP contribution is 2.31. The van der Waals surface area contributed by atoms with Crippen molar-refractivity contribution in [3.63, 3.8) is 0 Å². The minimum atomic E-state index is -0.289. The van der Waals surface area contributed by atoms with Crippen LogP contribution in [0.4, 0.5) is 5.69 Å². The predicted molar refractivity (Wildman–Crippen MR) is 178 cm³/mol. The van der Waals surface area contributed by atoms with Gasteiger partial charge in [-0.3, -0.25) is 19.5 Å². The van der Waals surface area contributed by atoms with Gasteiger partial charge in [-0.25, -0.2) is 4.99 Å². The molecule has 2 amide bonds. The number of allylic oxidation sites excluding steroid dienone is 1. The first kappa shape index (κ1) is 33.5. The molecule has 1 N–H and O–H groups in total. The number of aryl methyl sites for hydroxylation is 1. The van der Waals surface area contributed by atoms with Crippen molar-refractivity contribution < 1.29 is 14.3 Å². The first-order chi connectivity index (χ1) is 21.1. The van der Waals surface area contributed by atoms with Gasteiger partial charge in [0.2, 0.25) is 5.91 Å². The maximum absolute atomic E-state index is 11.4. The Morgan fingerprint density at radius 3 is 2.36 bits per heavy atom. The molecular weight excluding hydrogens is 552 g/mol. The number of hydrogen-bond acceptors (Lipinski definition) is 7. The maximum atomic E-state index is 11.4.